The highest BCUT2D eigenvalue weighted by molar-refractivity contribution is 14.1. The molecule has 0 unspecified atom stereocenters. The number of halogens is 2. The van der Waals surface area contributed by atoms with Gasteiger partial charge in [0.25, 0.3) is 11.6 Å². The summed E-state index contributed by atoms with van der Waals surface area (Å²) < 4.78 is 0.586. The van der Waals surface area contributed by atoms with Crippen LogP contribution in [0.1, 0.15) is 10.4 Å². The second-order valence-corrected chi connectivity index (χ2v) is 4.91. The van der Waals surface area contributed by atoms with Gasteiger partial charge in [-0.2, -0.15) is 0 Å². The molecular formula is C11H15ClIN3O3. The van der Waals surface area contributed by atoms with Crippen molar-refractivity contribution in [2.75, 3.05) is 27.2 Å². The van der Waals surface area contributed by atoms with Gasteiger partial charge in [0.2, 0.25) is 0 Å². The van der Waals surface area contributed by atoms with Crippen LogP contribution in [-0.4, -0.2) is 42.9 Å². The molecule has 1 amide bonds. The van der Waals surface area contributed by atoms with Crippen LogP contribution in [0.3, 0.4) is 0 Å². The zero-order chi connectivity index (χ0) is 13.7. The lowest BCUT2D eigenvalue weighted by Crippen LogP contribution is -2.33. The summed E-state index contributed by atoms with van der Waals surface area (Å²) in [6.45, 7) is 1.29. The van der Waals surface area contributed by atoms with E-state index in [0.29, 0.717) is 22.2 Å². The summed E-state index contributed by atoms with van der Waals surface area (Å²) in [5, 5.41) is 13.6. The molecule has 0 aliphatic rings. The number of nitrogens with zero attached hydrogens (tertiary/aromatic N) is 2. The van der Waals surface area contributed by atoms with Crippen molar-refractivity contribution in [1.29, 1.82) is 0 Å². The molecule has 0 radical (unpaired) electrons. The summed E-state index contributed by atoms with van der Waals surface area (Å²) in [5.41, 5.74) is 0.480. The van der Waals surface area contributed by atoms with E-state index >= 15 is 0 Å². The van der Waals surface area contributed by atoms with Crippen molar-refractivity contribution in [3.05, 3.63) is 37.4 Å². The highest BCUT2D eigenvalue weighted by Crippen LogP contribution is 2.20. The number of amides is 1. The molecular weight excluding hydrogens is 384 g/mol. The van der Waals surface area contributed by atoms with Crippen molar-refractivity contribution in [2.45, 2.75) is 0 Å². The average molecular weight is 400 g/mol. The second kappa shape index (κ2) is 8.28. The summed E-state index contributed by atoms with van der Waals surface area (Å²) in [6.07, 6.45) is 0. The van der Waals surface area contributed by atoms with Gasteiger partial charge < -0.3 is 10.2 Å². The third kappa shape index (κ3) is 4.92. The SMILES string of the molecule is CNCCN(C)C(=O)c1ccc([N+](=O)[O-])cc1I.Cl. The molecule has 1 N–H and O–H groups in total. The third-order valence-electron chi connectivity index (χ3n) is 2.44. The summed E-state index contributed by atoms with van der Waals surface area (Å²) in [6, 6.07) is 4.25. The van der Waals surface area contributed by atoms with Gasteiger partial charge in [-0.25, -0.2) is 0 Å². The van der Waals surface area contributed by atoms with E-state index in [-0.39, 0.29) is 24.0 Å². The van der Waals surface area contributed by atoms with Gasteiger partial charge in [0.15, 0.2) is 0 Å². The molecule has 1 aromatic carbocycles. The zero-order valence-electron chi connectivity index (χ0n) is 10.6. The quantitative estimate of drug-likeness (QED) is 0.466. The molecule has 0 spiro atoms. The van der Waals surface area contributed by atoms with E-state index in [9.17, 15) is 14.9 Å². The van der Waals surface area contributed by atoms with Crippen LogP contribution in [0.2, 0.25) is 0 Å². The molecule has 0 bridgehead atoms. The summed E-state index contributed by atoms with van der Waals surface area (Å²) in [4.78, 5) is 23.8. The van der Waals surface area contributed by atoms with Crippen LogP contribution in [0.5, 0.6) is 0 Å². The number of carbonyl (C=O) groups excluding carboxylic acids is 1. The number of non-ortho nitro benzene ring substituents is 1. The molecule has 0 fully saturated rings. The van der Waals surface area contributed by atoms with Crippen molar-refractivity contribution in [2.24, 2.45) is 0 Å². The Hall–Kier alpha value is -0.930. The highest BCUT2D eigenvalue weighted by atomic mass is 127. The molecule has 0 heterocycles. The van der Waals surface area contributed by atoms with E-state index in [2.05, 4.69) is 5.32 Å². The van der Waals surface area contributed by atoms with Crippen LogP contribution in [-0.2, 0) is 0 Å². The van der Waals surface area contributed by atoms with Gasteiger partial charge in [0, 0.05) is 35.8 Å². The molecule has 19 heavy (non-hydrogen) atoms. The fraction of sp³-hybridized carbons (Fsp3) is 0.364. The first kappa shape index (κ1) is 18.1. The van der Waals surface area contributed by atoms with Crippen LogP contribution in [0.25, 0.3) is 0 Å². The Bertz CT molecular complexity index is 470. The maximum atomic E-state index is 12.1. The van der Waals surface area contributed by atoms with Gasteiger partial charge in [-0.3, -0.25) is 14.9 Å². The predicted molar refractivity (Wildman–Crippen MR) is 83.9 cm³/mol. The Morgan fingerprint density at radius 3 is 2.63 bits per heavy atom. The molecule has 0 aliphatic carbocycles. The van der Waals surface area contributed by atoms with Gasteiger partial charge in [0.05, 0.1) is 10.5 Å². The van der Waals surface area contributed by atoms with Crippen LogP contribution in [0, 0.1) is 13.7 Å². The minimum atomic E-state index is -0.471. The number of hydrogen-bond acceptors (Lipinski definition) is 4. The van der Waals surface area contributed by atoms with Crippen molar-refractivity contribution in [3.63, 3.8) is 0 Å². The van der Waals surface area contributed by atoms with Gasteiger partial charge in [0.1, 0.15) is 0 Å². The molecule has 106 valence electrons. The zero-order valence-corrected chi connectivity index (χ0v) is 13.5. The molecule has 1 rings (SSSR count). The summed E-state index contributed by atoms with van der Waals surface area (Å²) >= 11 is 1.94. The fourth-order valence-electron chi connectivity index (χ4n) is 1.38. The van der Waals surface area contributed by atoms with E-state index in [1.165, 1.54) is 18.2 Å². The monoisotopic (exact) mass is 399 g/mol. The lowest BCUT2D eigenvalue weighted by molar-refractivity contribution is -0.384. The Morgan fingerprint density at radius 1 is 1.53 bits per heavy atom. The van der Waals surface area contributed by atoms with Crippen LogP contribution < -0.4 is 5.32 Å². The Morgan fingerprint density at radius 2 is 2.16 bits per heavy atom. The average Bonchev–Trinajstić information content (AvgIpc) is 2.34. The minimum Gasteiger partial charge on any atom is -0.340 e. The van der Waals surface area contributed by atoms with Crippen molar-refractivity contribution in [1.82, 2.24) is 10.2 Å². The van der Waals surface area contributed by atoms with E-state index in [1.807, 2.05) is 29.6 Å². The number of rotatable bonds is 5. The summed E-state index contributed by atoms with van der Waals surface area (Å²) in [7, 11) is 3.52. The minimum absolute atomic E-state index is 0. The molecule has 0 saturated carbocycles. The number of nitro benzene ring substituents is 1. The predicted octanol–water partition coefficient (Wildman–Crippen LogP) is 1.91. The number of benzene rings is 1. The van der Waals surface area contributed by atoms with E-state index in [0.717, 1.165) is 0 Å². The number of likely N-dealkylation sites (N-methyl/N-ethyl adjacent to an activating group) is 2. The lowest BCUT2D eigenvalue weighted by atomic mass is 10.2. The summed E-state index contributed by atoms with van der Waals surface area (Å²) in [5.74, 6) is -0.135. The molecule has 0 aromatic heterocycles. The lowest BCUT2D eigenvalue weighted by Gasteiger charge is -2.17. The smallest absolute Gasteiger partial charge is 0.270 e. The Labute approximate surface area is 131 Å². The van der Waals surface area contributed by atoms with Crippen LogP contribution >= 0.6 is 35.0 Å². The van der Waals surface area contributed by atoms with Gasteiger partial charge in [-0.1, -0.05) is 0 Å². The van der Waals surface area contributed by atoms with Crippen LogP contribution in [0.15, 0.2) is 18.2 Å². The first-order valence-corrected chi connectivity index (χ1v) is 6.39. The molecule has 8 heteroatoms. The highest BCUT2D eigenvalue weighted by Gasteiger charge is 2.17. The van der Waals surface area contributed by atoms with Gasteiger partial charge in [-0.15, -0.1) is 12.4 Å². The number of carbonyl (C=O) groups is 1. The van der Waals surface area contributed by atoms with Crippen molar-refractivity contribution >= 4 is 46.6 Å². The number of nitro groups is 1. The van der Waals surface area contributed by atoms with Gasteiger partial charge in [-0.05, 0) is 35.7 Å². The largest absolute Gasteiger partial charge is 0.340 e. The number of nitrogens with one attached hydrogen (secondary N) is 1. The van der Waals surface area contributed by atoms with E-state index in [4.69, 9.17) is 0 Å². The standard InChI is InChI=1S/C11H14IN3O3.ClH/c1-13-5-6-14(2)11(16)9-4-3-8(15(17)18)7-10(9)12;/h3-4,7,13H,5-6H2,1-2H3;1H. The molecule has 1 aromatic rings. The molecule has 0 saturated heterocycles. The first-order valence-electron chi connectivity index (χ1n) is 5.31. The molecule has 0 aliphatic heterocycles. The van der Waals surface area contributed by atoms with E-state index in [1.54, 1.807) is 11.9 Å². The number of hydrogen-bond donors (Lipinski definition) is 1. The maximum absolute atomic E-state index is 12.1. The molecule has 6 nitrogen and oxygen atoms in total. The first-order chi connectivity index (χ1) is 8.47. The topological polar surface area (TPSA) is 75.5 Å². The Kier molecular flexibility index (Phi) is 7.88. The fourth-order valence-corrected chi connectivity index (χ4v) is 2.11. The maximum Gasteiger partial charge on any atom is 0.270 e. The molecule has 0 atom stereocenters. The second-order valence-electron chi connectivity index (χ2n) is 3.75. The van der Waals surface area contributed by atoms with Gasteiger partial charge >= 0.3 is 0 Å². The van der Waals surface area contributed by atoms with E-state index < -0.39 is 4.92 Å². The normalized spacial score (nSPS) is 9.63. The Balaban J connectivity index is 0.00000324. The van der Waals surface area contributed by atoms with Crippen molar-refractivity contribution < 1.29 is 9.72 Å². The van der Waals surface area contributed by atoms with Crippen molar-refractivity contribution in [3.8, 4) is 0 Å². The third-order valence-corrected chi connectivity index (χ3v) is 3.33. The van der Waals surface area contributed by atoms with Crippen LogP contribution in [0.4, 0.5) is 5.69 Å².